The molecule has 4 N–H and O–H groups in total. The molecular formula is C49H56N8O8. The smallest absolute Gasteiger partial charge is 0.408 e. The van der Waals surface area contributed by atoms with E-state index in [0.29, 0.717) is 38.5 Å². The summed E-state index contributed by atoms with van der Waals surface area (Å²) < 4.78 is 21.8. The number of nitrogens with zero attached hydrogens (tertiary/aromatic N) is 4. The molecule has 5 atom stereocenters. The van der Waals surface area contributed by atoms with E-state index < -0.39 is 23.9 Å². The molecule has 16 nitrogen and oxygen atoms in total. The molecule has 340 valence electrons. The number of imidazole rings is 2. The second-order valence-corrected chi connectivity index (χ2v) is 18.2. The van der Waals surface area contributed by atoms with Crippen LogP contribution in [0.3, 0.4) is 0 Å². The van der Waals surface area contributed by atoms with Gasteiger partial charge in [0, 0.05) is 31.1 Å². The van der Waals surface area contributed by atoms with Crippen LogP contribution in [0.25, 0.3) is 55.1 Å². The zero-order chi connectivity index (χ0) is 45.7. The highest BCUT2D eigenvalue weighted by atomic mass is 16.5. The summed E-state index contributed by atoms with van der Waals surface area (Å²) >= 11 is 0. The molecule has 5 heterocycles. The molecule has 9 rings (SSSR count). The van der Waals surface area contributed by atoms with Crippen molar-refractivity contribution in [2.24, 2.45) is 17.8 Å². The van der Waals surface area contributed by atoms with Crippen molar-refractivity contribution in [3.05, 3.63) is 77.9 Å². The number of aromatic nitrogens is 4. The molecule has 0 aliphatic carbocycles. The first-order valence-electron chi connectivity index (χ1n) is 22.3. The Hall–Kier alpha value is -6.52. The van der Waals surface area contributed by atoms with E-state index in [4.69, 9.17) is 28.9 Å². The highest BCUT2D eigenvalue weighted by molar-refractivity contribution is 6.07. The van der Waals surface area contributed by atoms with Crippen molar-refractivity contribution in [3.63, 3.8) is 0 Å². The van der Waals surface area contributed by atoms with Crippen LogP contribution in [0.5, 0.6) is 5.75 Å². The number of carbonyl (C=O) groups is 4. The van der Waals surface area contributed by atoms with Crippen molar-refractivity contribution in [1.82, 2.24) is 40.4 Å². The summed E-state index contributed by atoms with van der Waals surface area (Å²) in [5.41, 5.74) is 7.23. The summed E-state index contributed by atoms with van der Waals surface area (Å²) in [6.45, 7) is 9.61. The molecule has 2 aromatic heterocycles. The zero-order valence-corrected chi connectivity index (χ0v) is 37.8. The number of rotatable bonds is 12. The zero-order valence-electron chi connectivity index (χ0n) is 37.8. The molecule has 0 bridgehead atoms. The fourth-order valence-electron chi connectivity index (χ4n) is 10.1. The van der Waals surface area contributed by atoms with Crippen molar-refractivity contribution < 1.29 is 38.1 Å². The number of likely N-dealkylation sites (tertiary alicyclic amines) is 2. The summed E-state index contributed by atoms with van der Waals surface area (Å²) in [5, 5.41) is 7.52. The van der Waals surface area contributed by atoms with E-state index in [1.807, 2.05) is 49.6 Å². The largest absolute Gasteiger partial charge is 0.488 e. The number of hydrogen-bond donors (Lipinski definition) is 4. The average molecular weight is 885 g/mol. The predicted octanol–water partition coefficient (Wildman–Crippen LogP) is 7.78. The fraction of sp³-hybridized carbons (Fsp3) is 0.429. The highest BCUT2D eigenvalue weighted by Gasteiger charge is 2.50. The number of alkyl carbamates (subject to hydrolysis) is 2. The van der Waals surface area contributed by atoms with Crippen LogP contribution in [0.4, 0.5) is 9.59 Å². The summed E-state index contributed by atoms with van der Waals surface area (Å²) in [6, 6.07) is 19.7. The van der Waals surface area contributed by atoms with Gasteiger partial charge in [-0.1, -0.05) is 52.0 Å². The molecule has 16 heteroatoms. The van der Waals surface area contributed by atoms with Crippen LogP contribution in [-0.4, -0.2) is 107 Å². The van der Waals surface area contributed by atoms with Gasteiger partial charge >= 0.3 is 12.2 Å². The van der Waals surface area contributed by atoms with Crippen LogP contribution in [0.15, 0.2) is 60.7 Å². The molecule has 0 radical (unpaired) electrons. The van der Waals surface area contributed by atoms with E-state index in [2.05, 4.69) is 69.1 Å². The first-order chi connectivity index (χ1) is 31.4. The van der Waals surface area contributed by atoms with Gasteiger partial charge in [0.1, 0.15) is 30.0 Å². The summed E-state index contributed by atoms with van der Waals surface area (Å²) in [6.07, 6.45) is 1.77. The number of carbonyl (C=O) groups excluding carboxylic acids is 4. The van der Waals surface area contributed by atoms with Crippen LogP contribution in [0.2, 0.25) is 0 Å². The van der Waals surface area contributed by atoms with Crippen LogP contribution in [-0.2, 0) is 30.4 Å². The van der Waals surface area contributed by atoms with Gasteiger partial charge in [-0.15, -0.1) is 0 Å². The summed E-state index contributed by atoms with van der Waals surface area (Å²) in [7, 11) is 4.25. The lowest BCUT2D eigenvalue weighted by molar-refractivity contribution is -0.135. The molecule has 0 saturated carbocycles. The molecule has 0 unspecified atom stereocenters. The standard InChI is InChI=1S/C49H56N8O8/c1-26(2)42(54-47(60)63-6)46(59)56-16-8-9-39(56)44-50-36-14-11-30(20-38(36)52-44)29-10-13-33-32(18-29)24-65-41-21-34-31(19-35(33)41)12-15-37-43(34)53-45(51-37)40-17-28(23-62-5)22-57(40)49(25-58,27(3)4)55-48(61)64-7/h10-15,18-21,25-28,39-40,42H,8-9,16-17,22-24H2,1-7H3,(H,50,52)(H,51,53)(H,54,60)(H,55,61)/t28-,39-,40-,42-,49+/m0/s1. The molecule has 65 heavy (non-hydrogen) atoms. The minimum atomic E-state index is -1.33. The molecule has 0 spiro atoms. The minimum absolute atomic E-state index is 0.101. The van der Waals surface area contributed by atoms with Crippen molar-refractivity contribution in [1.29, 1.82) is 0 Å². The van der Waals surface area contributed by atoms with Gasteiger partial charge in [-0.25, -0.2) is 19.6 Å². The molecule has 3 aliphatic heterocycles. The summed E-state index contributed by atoms with van der Waals surface area (Å²) in [5.74, 6) is 1.76. The van der Waals surface area contributed by atoms with Gasteiger partial charge in [0.2, 0.25) is 5.91 Å². The summed E-state index contributed by atoms with van der Waals surface area (Å²) in [4.78, 5) is 72.4. The molecule has 6 aromatic rings. The third kappa shape index (κ3) is 7.81. The van der Waals surface area contributed by atoms with Gasteiger partial charge in [-0.2, -0.15) is 0 Å². The van der Waals surface area contributed by atoms with E-state index in [-0.39, 0.29) is 35.7 Å². The first-order valence-corrected chi connectivity index (χ1v) is 22.3. The topological polar surface area (TPSA) is 193 Å². The lowest BCUT2D eigenvalue weighted by atomic mass is 9.91. The highest BCUT2D eigenvalue weighted by Crippen LogP contribution is 2.45. The van der Waals surface area contributed by atoms with E-state index in [1.165, 1.54) is 14.2 Å². The van der Waals surface area contributed by atoms with E-state index >= 15 is 0 Å². The Balaban J connectivity index is 0.989. The van der Waals surface area contributed by atoms with Crippen LogP contribution >= 0.6 is 0 Å². The van der Waals surface area contributed by atoms with Crippen molar-refractivity contribution >= 4 is 57.2 Å². The Labute approximate surface area is 376 Å². The number of methoxy groups -OCH3 is 3. The number of nitrogens with one attached hydrogen (secondary N) is 4. The van der Waals surface area contributed by atoms with Gasteiger partial charge < -0.3 is 39.1 Å². The fourth-order valence-corrected chi connectivity index (χ4v) is 10.1. The maximum Gasteiger partial charge on any atom is 0.408 e. The number of fused-ring (bicyclic) bond motifs is 7. The predicted molar refractivity (Wildman–Crippen MR) is 245 cm³/mol. The molecule has 2 saturated heterocycles. The van der Waals surface area contributed by atoms with Crippen LogP contribution in [0, 0.1) is 17.8 Å². The lowest BCUT2D eigenvalue weighted by Gasteiger charge is -2.43. The van der Waals surface area contributed by atoms with Gasteiger partial charge in [0.05, 0.1) is 55.0 Å². The molecule has 4 aromatic carbocycles. The normalized spacial score (nSPS) is 19.8. The Morgan fingerprint density at radius 2 is 1.65 bits per heavy atom. The van der Waals surface area contributed by atoms with Gasteiger partial charge in [-0.3, -0.25) is 19.8 Å². The number of ether oxygens (including phenoxy) is 4. The second-order valence-electron chi connectivity index (χ2n) is 18.2. The number of aromatic amines is 2. The monoisotopic (exact) mass is 884 g/mol. The first kappa shape index (κ1) is 43.7. The van der Waals surface area contributed by atoms with Crippen LogP contribution in [0.1, 0.15) is 76.3 Å². The maximum atomic E-state index is 13.7. The SMILES string of the molecule is COC[C@H]1C[C@@H](c2nc3c(ccc4cc5c(cc43)OCc3cc(-c4ccc6nc([C@@H]7CCCN7C(=O)[C@@H](NC(=O)OC)C(C)C)[nH]c6c4)ccc3-5)[nH]2)N([C@@](C=O)(NC(=O)OC)C(C)C)C1. The van der Waals surface area contributed by atoms with Gasteiger partial charge in [0.25, 0.3) is 0 Å². The molecule has 3 aliphatic rings. The third-order valence-electron chi connectivity index (χ3n) is 13.6. The van der Waals surface area contributed by atoms with E-state index in [1.54, 1.807) is 7.11 Å². The number of amides is 3. The average Bonchev–Trinajstić information content (AvgIpc) is 4.14. The molecule has 2 fully saturated rings. The number of hydrogen-bond acceptors (Lipinski definition) is 11. The number of H-pyrrole nitrogens is 2. The van der Waals surface area contributed by atoms with E-state index in [0.717, 1.165) is 91.4 Å². The van der Waals surface area contributed by atoms with Crippen LogP contribution < -0.4 is 15.4 Å². The Kier molecular flexibility index (Phi) is 11.7. The van der Waals surface area contributed by atoms with Gasteiger partial charge in [-0.05, 0) is 101 Å². The van der Waals surface area contributed by atoms with E-state index in [9.17, 15) is 19.2 Å². The van der Waals surface area contributed by atoms with Crippen molar-refractivity contribution in [2.75, 3.05) is 41.0 Å². The third-order valence-corrected chi connectivity index (χ3v) is 13.6. The maximum absolute atomic E-state index is 13.7. The lowest BCUT2D eigenvalue weighted by Crippen LogP contribution is -2.65. The van der Waals surface area contributed by atoms with Crippen molar-refractivity contribution in [2.45, 2.75) is 77.4 Å². The quantitative estimate of drug-likeness (QED) is 0.0878. The van der Waals surface area contributed by atoms with Crippen molar-refractivity contribution in [3.8, 4) is 28.0 Å². The number of benzene rings is 4. The molecular weight excluding hydrogens is 829 g/mol. The van der Waals surface area contributed by atoms with Gasteiger partial charge in [0.15, 0.2) is 11.9 Å². The molecule has 3 amide bonds. The Morgan fingerprint density at radius 3 is 2.38 bits per heavy atom. The minimum Gasteiger partial charge on any atom is -0.488 e. The number of aldehydes is 1. The Morgan fingerprint density at radius 1 is 0.892 bits per heavy atom. The Bertz CT molecular complexity index is 2820. The second kappa shape index (κ2) is 17.5.